The molecule has 2 aromatic carbocycles. The first-order chi connectivity index (χ1) is 12.5. The zero-order valence-electron chi connectivity index (χ0n) is 15.4. The van der Waals surface area contributed by atoms with Crippen LogP contribution in [-0.2, 0) is 9.53 Å². The molecule has 0 heterocycles. The average molecular weight is 357 g/mol. The second-order valence-electron chi connectivity index (χ2n) is 5.62. The molecule has 138 valence electrons. The van der Waals surface area contributed by atoms with Crippen LogP contribution in [0.25, 0.3) is 0 Å². The molecule has 0 spiro atoms. The number of carbonyl (C=O) groups is 2. The summed E-state index contributed by atoms with van der Waals surface area (Å²) in [7, 11) is 1.58. The monoisotopic (exact) mass is 357 g/mol. The van der Waals surface area contributed by atoms with Crippen molar-refractivity contribution in [1.82, 2.24) is 0 Å². The number of methoxy groups -OCH3 is 1. The molecular formula is C20H23NO5. The lowest BCUT2D eigenvalue weighted by Crippen LogP contribution is -2.30. The maximum absolute atomic E-state index is 12.4. The van der Waals surface area contributed by atoms with Gasteiger partial charge in [0.15, 0.2) is 6.10 Å². The van der Waals surface area contributed by atoms with Gasteiger partial charge in [-0.05, 0) is 62.7 Å². The molecule has 0 radical (unpaired) electrons. The van der Waals surface area contributed by atoms with Gasteiger partial charge in [-0.2, -0.15) is 0 Å². The Kier molecular flexibility index (Phi) is 6.60. The van der Waals surface area contributed by atoms with Gasteiger partial charge in [0.05, 0.1) is 19.3 Å². The lowest BCUT2D eigenvalue weighted by Gasteiger charge is -2.17. The van der Waals surface area contributed by atoms with Crippen molar-refractivity contribution in [3.05, 3.63) is 53.6 Å². The minimum atomic E-state index is -0.714. The normalized spacial score (nSPS) is 11.4. The van der Waals surface area contributed by atoms with Gasteiger partial charge in [0.1, 0.15) is 11.5 Å². The summed E-state index contributed by atoms with van der Waals surface area (Å²) in [6, 6.07) is 12.1. The highest BCUT2D eigenvalue weighted by Gasteiger charge is 2.18. The van der Waals surface area contributed by atoms with Crippen molar-refractivity contribution >= 4 is 17.6 Å². The van der Waals surface area contributed by atoms with E-state index in [4.69, 9.17) is 14.2 Å². The summed E-state index contributed by atoms with van der Waals surface area (Å²) in [5, 5.41) is 2.79. The Bertz CT molecular complexity index is 770. The third kappa shape index (κ3) is 4.75. The smallest absolute Gasteiger partial charge is 0.338 e. The number of carbonyl (C=O) groups excluding carboxylic acids is 2. The summed E-state index contributed by atoms with van der Waals surface area (Å²) in [6.07, 6.45) is -0.714. The van der Waals surface area contributed by atoms with Crippen molar-refractivity contribution in [3.63, 3.8) is 0 Å². The van der Waals surface area contributed by atoms with Crippen LogP contribution in [0, 0.1) is 6.92 Å². The SMILES string of the molecule is CCOC(=O)c1cccc(NC(=O)[C@@H](C)Oc2ccc(OC)cc2)c1C. The van der Waals surface area contributed by atoms with Gasteiger partial charge in [-0.25, -0.2) is 4.79 Å². The molecule has 0 aliphatic heterocycles. The summed E-state index contributed by atoms with van der Waals surface area (Å²) in [5.41, 5.74) is 1.62. The highest BCUT2D eigenvalue weighted by molar-refractivity contribution is 5.98. The van der Waals surface area contributed by atoms with Crippen molar-refractivity contribution in [3.8, 4) is 11.5 Å². The molecule has 26 heavy (non-hydrogen) atoms. The fourth-order valence-corrected chi connectivity index (χ4v) is 2.35. The van der Waals surface area contributed by atoms with Gasteiger partial charge in [0, 0.05) is 5.69 Å². The van der Waals surface area contributed by atoms with Gasteiger partial charge >= 0.3 is 5.97 Å². The van der Waals surface area contributed by atoms with E-state index < -0.39 is 12.1 Å². The summed E-state index contributed by atoms with van der Waals surface area (Å²) in [5.74, 6) is 0.542. The van der Waals surface area contributed by atoms with Gasteiger partial charge < -0.3 is 19.5 Å². The fraction of sp³-hybridized carbons (Fsp3) is 0.300. The molecule has 0 saturated carbocycles. The Morgan fingerprint density at radius 3 is 2.35 bits per heavy atom. The second kappa shape index (κ2) is 8.89. The maximum Gasteiger partial charge on any atom is 0.338 e. The van der Waals surface area contributed by atoms with Crippen LogP contribution >= 0.6 is 0 Å². The van der Waals surface area contributed by atoms with Gasteiger partial charge in [0.25, 0.3) is 5.91 Å². The number of rotatable bonds is 7. The van der Waals surface area contributed by atoms with E-state index in [1.54, 1.807) is 70.3 Å². The first-order valence-corrected chi connectivity index (χ1v) is 8.34. The minimum Gasteiger partial charge on any atom is -0.497 e. The quantitative estimate of drug-likeness (QED) is 0.767. The van der Waals surface area contributed by atoms with E-state index in [2.05, 4.69) is 5.32 Å². The van der Waals surface area contributed by atoms with Crippen molar-refractivity contribution < 1.29 is 23.8 Å². The average Bonchev–Trinajstić information content (AvgIpc) is 2.64. The molecule has 0 saturated heterocycles. The third-order valence-electron chi connectivity index (χ3n) is 3.83. The summed E-state index contributed by atoms with van der Waals surface area (Å²) < 4.78 is 15.8. The molecule has 6 nitrogen and oxygen atoms in total. The second-order valence-corrected chi connectivity index (χ2v) is 5.62. The van der Waals surface area contributed by atoms with E-state index in [0.29, 0.717) is 34.9 Å². The number of ether oxygens (including phenoxy) is 3. The van der Waals surface area contributed by atoms with E-state index in [9.17, 15) is 9.59 Å². The summed E-state index contributed by atoms with van der Waals surface area (Å²) in [6.45, 7) is 5.46. The van der Waals surface area contributed by atoms with Gasteiger partial charge in [-0.1, -0.05) is 6.07 Å². The Morgan fingerprint density at radius 1 is 1.08 bits per heavy atom. The topological polar surface area (TPSA) is 73.9 Å². The molecule has 0 unspecified atom stereocenters. The first kappa shape index (κ1) is 19.3. The van der Waals surface area contributed by atoms with Crippen LogP contribution < -0.4 is 14.8 Å². The van der Waals surface area contributed by atoms with Crippen LogP contribution in [0.4, 0.5) is 5.69 Å². The minimum absolute atomic E-state index is 0.293. The molecule has 6 heteroatoms. The van der Waals surface area contributed by atoms with Crippen LogP contribution in [0.3, 0.4) is 0 Å². The largest absolute Gasteiger partial charge is 0.497 e. The predicted molar refractivity (Wildman–Crippen MR) is 98.8 cm³/mol. The standard InChI is InChI=1S/C20H23NO5/c1-5-25-20(23)17-7-6-8-18(13(17)2)21-19(22)14(3)26-16-11-9-15(24-4)10-12-16/h6-12,14H,5H2,1-4H3,(H,21,22)/t14-/m1/s1. The Morgan fingerprint density at radius 2 is 1.73 bits per heavy atom. The number of hydrogen-bond acceptors (Lipinski definition) is 5. The summed E-state index contributed by atoms with van der Waals surface area (Å²) in [4.78, 5) is 24.4. The van der Waals surface area contributed by atoms with Gasteiger partial charge in [-0.15, -0.1) is 0 Å². The predicted octanol–water partition coefficient (Wildman–Crippen LogP) is 3.59. The van der Waals surface area contributed by atoms with E-state index in [1.807, 2.05) is 0 Å². The van der Waals surface area contributed by atoms with Crippen LogP contribution in [0.5, 0.6) is 11.5 Å². The molecule has 0 bridgehead atoms. The number of anilines is 1. The van der Waals surface area contributed by atoms with E-state index in [-0.39, 0.29) is 5.91 Å². The molecule has 2 aromatic rings. The highest BCUT2D eigenvalue weighted by Crippen LogP contribution is 2.21. The molecule has 0 aliphatic carbocycles. The third-order valence-corrected chi connectivity index (χ3v) is 3.83. The Balaban J connectivity index is 2.06. The summed E-state index contributed by atoms with van der Waals surface area (Å²) >= 11 is 0. The number of hydrogen-bond donors (Lipinski definition) is 1. The molecule has 1 N–H and O–H groups in total. The van der Waals surface area contributed by atoms with Crippen LogP contribution in [0.1, 0.15) is 29.8 Å². The molecule has 2 rings (SSSR count). The number of benzene rings is 2. The first-order valence-electron chi connectivity index (χ1n) is 8.34. The molecule has 0 aromatic heterocycles. The molecular weight excluding hydrogens is 334 g/mol. The lowest BCUT2D eigenvalue weighted by molar-refractivity contribution is -0.122. The van der Waals surface area contributed by atoms with Crippen LogP contribution in [0.15, 0.2) is 42.5 Å². The van der Waals surface area contributed by atoms with E-state index in [1.165, 1.54) is 0 Å². The Labute approximate surface area is 153 Å². The lowest BCUT2D eigenvalue weighted by atomic mass is 10.1. The Hall–Kier alpha value is -3.02. The van der Waals surface area contributed by atoms with Gasteiger partial charge in [-0.3, -0.25) is 4.79 Å². The zero-order valence-corrected chi connectivity index (χ0v) is 15.4. The number of nitrogens with one attached hydrogen (secondary N) is 1. The van der Waals surface area contributed by atoms with Crippen LogP contribution in [0.2, 0.25) is 0 Å². The van der Waals surface area contributed by atoms with E-state index in [0.717, 1.165) is 0 Å². The van der Waals surface area contributed by atoms with E-state index >= 15 is 0 Å². The molecule has 1 atom stereocenters. The molecule has 0 aliphatic rings. The number of amides is 1. The van der Waals surface area contributed by atoms with Crippen molar-refractivity contribution in [1.29, 1.82) is 0 Å². The molecule has 0 fully saturated rings. The van der Waals surface area contributed by atoms with Crippen LogP contribution in [-0.4, -0.2) is 31.7 Å². The number of esters is 1. The maximum atomic E-state index is 12.4. The fourth-order valence-electron chi connectivity index (χ4n) is 2.35. The van der Waals surface area contributed by atoms with Crippen molar-refractivity contribution in [2.75, 3.05) is 19.0 Å². The molecule has 1 amide bonds. The highest BCUT2D eigenvalue weighted by atomic mass is 16.5. The van der Waals surface area contributed by atoms with Crippen molar-refractivity contribution in [2.45, 2.75) is 26.9 Å². The van der Waals surface area contributed by atoms with Crippen molar-refractivity contribution in [2.24, 2.45) is 0 Å². The van der Waals surface area contributed by atoms with Gasteiger partial charge in [0.2, 0.25) is 0 Å². The zero-order chi connectivity index (χ0) is 19.1.